The van der Waals surface area contributed by atoms with Gasteiger partial charge >= 0.3 is 0 Å². The first-order valence-corrected chi connectivity index (χ1v) is 6.41. The molecular weight excluding hydrogens is 259 g/mol. The second kappa shape index (κ2) is 7.16. The van der Waals surface area contributed by atoms with Crippen LogP contribution in [0.25, 0.3) is 0 Å². The predicted octanol–water partition coefficient (Wildman–Crippen LogP) is 4.66. The number of halogens is 1. The molecule has 12 heavy (non-hydrogen) atoms. The quantitative estimate of drug-likeness (QED) is 0.491. The molecule has 0 aliphatic carbocycles. The minimum Gasteiger partial charge on any atom is -0.0826 e. The van der Waals surface area contributed by atoms with E-state index in [9.17, 15) is 0 Å². The highest BCUT2D eigenvalue weighted by Gasteiger charge is 2.06. The summed E-state index contributed by atoms with van der Waals surface area (Å²) in [7, 11) is 0. The summed E-state index contributed by atoms with van der Waals surface area (Å²) in [5.74, 6) is 1.75. The zero-order chi connectivity index (χ0) is 9.56. The summed E-state index contributed by atoms with van der Waals surface area (Å²) in [5.41, 5.74) is 0. The second-order valence-corrected chi connectivity index (χ2v) is 6.30. The third-order valence-corrected chi connectivity index (χ3v) is 3.36. The zero-order valence-corrected chi connectivity index (χ0v) is 11.1. The lowest BCUT2D eigenvalue weighted by Crippen LogP contribution is -2.02. The minimum atomic E-state index is 0.876. The Morgan fingerprint density at radius 2 is 1.08 bits per heavy atom. The lowest BCUT2D eigenvalue weighted by molar-refractivity contribution is 0.502. The van der Waals surface area contributed by atoms with E-state index in [2.05, 4.69) is 50.3 Å². The van der Waals surface area contributed by atoms with E-state index >= 15 is 0 Å². The summed E-state index contributed by atoms with van der Waals surface area (Å²) in [6, 6.07) is 0. The Balaban J connectivity index is 3.27. The fourth-order valence-corrected chi connectivity index (χ4v) is 1.89. The number of rotatable bonds is 6. The monoisotopic (exact) mass is 282 g/mol. The van der Waals surface area contributed by atoms with Gasteiger partial charge in [0.1, 0.15) is 0 Å². The fraction of sp³-hybridized carbons (Fsp3) is 1.00. The molecule has 0 heterocycles. The van der Waals surface area contributed by atoms with E-state index in [1.807, 2.05) is 0 Å². The van der Waals surface area contributed by atoms with E-state index in [4.69, 9.17) is 0 Å². The van der Waals surface area contributed by atoms with Crippen LogP contribution in [0.5, 0.6) is 0 Å². The highest BCUT2D eigenvalue weighted by molar-refractivity contribution is 14.1. The molecule has 0 aromatic carbocycles. The van der Waals surface area contributed by atoms with Gasteiger partial charge in [-0.1, -0.05) is 50.3 Å². The minimum absolute atomic E-state index is 0.876. The first-order chi connectivity index (χ1) is 5.52. The van der Waals surface area contributed by atoms with Crippen LogP contribution in [0.2, 0.25) is 0 Å². The molecule has 0 fully saturated rings. The first-order valence-electron chi connectivity index (χ1n) is 5.16. The SMILES string of the molecule is CC(C)CCC(I)CCC(C)C. The smallest absolute Gasteiger partial charge is 0.0110 e. The highest BCUT2D eigenvalue weighted by Crippen LogP contribution is 2.20. The molecule has 0 aromatic rings. The Labute approximate surface area is 91.7 Å². The molecule has 0 N–H and O–H groups in total. The van der Waals surface area contributed by atoms with Crippen molar-refractivity contribution in [1.82, 2.24) is 0 Å². The highest BCUT2D eigenvalue weighted by atomic mass is 127. The van der Waals surface area contributed by atoms with E-state index < -0.39 is 0 Å². The van der Waals surface area contributed by atoms with Crippen LogP contribution in [0.1, 0.15) is 53.4 Å². The zero-order valence-electron chi connectivity index (χ0n) is 8.94. The Bertz CT molecular complexity index is 85.2. The molecular formula is C11H23I. The molecule has 1 heteroatoms. The predicted molar refractivity (Wildman–Crippen MR) is 66.0 cm³/mol. The van der Waals surface area contributed by atoms with Gasteiger partial charge in [0.15, 0.2) is 0 Å². The molecule has 0 aliphatic rings. The maximum absolute atomic E-state index is 2.61. The van der Waals surface area contributed by atoms with Gasteiger partial charge in [-0.05, 0) is 37.5 Å². The van der Waals surface area contributed by atoms with E-state index in [0.717, 1.165) is 15.8 Å². The molecule has 74 valence electrons. The summed E-state index contributed by atoms with van der Waals surface area (Å²) < 4.78 is 0.910. The fourth-order valence-electron chi connectivity index (χ4n) is 1.17. The average Bonchev–Trinajstić information content (AvgIpc) is 1.96. The van der Waals surface area contributed by atoms with Crippen LogP contribution in [-0.2, 0) is 0 Å². The van der Waals surface area contributed by atoms with Crippen molar-refractivity contribution < 1.29 is 0 Å². The Kier molecular flexibility index (Phi) is 7.60. The molecule has 0 saturated carbocycles. The van der Waals surface area contributed by atoms with Crippen molar-refractivity contribution in [3.05, 3.63) is 0 Å². The van der Waals surface area contributed by atoms with Crippen LogP contribution in [0, 0.1) is 11.8 Å². The summed E-state index contributed by atoms with van der Waals surface area (Å²) in [6.45, 7) is 9.25. The maximum Gasteiger partial charge on any atom is 0.0110 e. The van der Waals surface area contributed by atoms with E-state index in [0.29, 0.717) is 0 Å². The Hall–Kier alpha value is 0.730. The van der Waals surface area contributed by atoms with Gasteiger partial charge in [0, 0.05) is 3.92 Å². The lowest BCUT2D eigenvalue weighted by Gasteiger charge is -2.12. The second-order valence-electron chi connectivity index (χ2n) is 4.54. The van der Waals surface area contributed by atoms with Crippen molar-refractivity contribution >= 4 is 22.6 Å². The van der Waals surface area contributed by atoms with Gasteiger partial charge < -0.3 is 0 Å². The maximum atomic E-state index is 2.61. The molecule has 0 aromatic heterocycles. The standard InChI is InChI=1S/C11H23I/c1-9(2)5-7-11(12)8-6-10(3)4/h9-11H,5-8H2,1-4H3. The van der Waals surface area contributed by atoms with Crippen molar-refractivity contribution in [1.29, 1.82) is 0 Å². The normalized spacial score (nSPS) is 12.0. The van der Waals surface area contributed by atoms with Gasteiger partial charge in [0.2, 0.25) is 0 Å². The van der Waals surface area contributed by atoms with Gasteiger partial charge in [-0.3, -0.25) is 0 Å². The summed E-state index contributed by atoms with van der Waals surface area (Å²) >= 11 is 2.61. The largest absolute Gasteiger partial charge is 0.0826 e. The molecule has 0 radical (unpaired) electrons. The third kappa shape index (κ3) is 8.82. The van der Waals surface area contributed by atoms with Crippen LogP contribution in [0.3, 0.4) is 0 Å². The van der Waals surface area contributed by atoms with Gasteiger partial charge in [-0.15, -0.1) is 0 Å². The summed E-state index contributed by atoms with van der Waals surface area (Å²) in [5, 5.41) is 0. The topological polar surface area (TPSA) is 0 Å². The van der Waals surface area contributed by atoms with Crippen molar-refractivity contribution in [2.24, 2.45) is 11.8 Å². The molecule has 0 saturated heterocycles. The Morgan fingerprint density at radius 1 is 0.750 bits per heavy atom. The van der Waals surface area contributed by atoms with E-state index in [1.54, 1.807) is 0 Å². The van der Waals surface area contributed by atoms with Gasteiger partial charge in [0.25, 0.3) is 0 Å². The molecule has 0 nitrogen and oxygen atoms in total. The Morgan fingerprint density at radius 3 is 1.33 bits per heavy atom. The molecule has 0 bridgehead atoms. The van der Waals surface area contributed by atoms with Crippen LogP contribution in [0.4, 0.5) is 0 Å². The van der Waals surface area contributed by atoms with Gasteiger partial charge in [-0.2, -0.15) is 0 Å². The van der Waals surface area contributed by atoms with Crippen molar-refractivity contribution in [2.45, 2.75) is 57.3 Å². The van der Waals surface area contributed by atoms with Crippen LogP contribution < -0.4 is 0 Å². The van der Waals surface area contributed by atoms with E-state index in [-0.39, 0.29) is 0 Å². The summed E-state index contributed by atoms with van der Waals surface area (Å²) in [4.78, 5) is 0. The van der Waals surface area contributed by atoms with Gasteiger partial charge in [-0.25, -0.2) is 0 Å². The third-order valence-electron chi connectivity index (χ3n) is 2.11. The van der Waals surface area contributed by atoms with Crippen molar-refractivity contribution in [3.8, 4) is 0 Å². The number of hydrogen-bond acceptors (Lipinski definition) is 0. The van der Waals surface area contributed by atoms with Gasteiger partial charge in [0.05, 0.1) is 0 Å². The van der Waals surface area contributed by atoms with E-state index in [1.165, 1.54) is 25.7 Å². The van der Waals surface area contributed by atoms with Crippen LogP contribution >= 0.6 is 22.6 Å². The summed E-state index contributed by atoms with van der Waals surface area (Å²) in [6.07, 6.45) is 5.60. The molecule has 0 unspecified atom stereocenters. The average molecular weight is 282 g/mol. The molecule has 0 spiro atoms. The molecule has 0 amide bonds. The number of alkyl halides is 1. The van der Waals surface area contributed by atoms with Crippen molar-refractivity contribution in [2.75, 3.05) is 0 Å². The number of hydrogen-bond donors (Lipinski definition) is 0. The molecule has 0 rings (SSSR count). The molecule has 0 atom stereocenters. The molecule has 0 aliphatic heterocycles. The van der Waals surface area contributed by atoms with Crippen LogP contribution in [0.15, 0.2) is 0 Å². The first kappa shape index (κ1) is 12.7. The van der Waals surface area contributed by atoms with Crippen LogP contribution in [-0.4, -0.2) is 3.92 Å². The lowest BCUT2D eigenvalue weighted by atomic mass is 10.0. The van der Waals surface area contributed by atoms with Crippen molar-refractivity contribution in [3.63, 3.8) is 0 Å².